The second-order valence-electron chi connectivity index (χ2n) is 1.78. The van der Waals surface area contributed by atoms with E-state index in [-0.39, 0.29) is 6.08 Å². The molecule has 0 aliphatic rings. The Kier molecular flexibility index (Phi) is 3.78. The van der Waals surface area contributed by atoms with Gasteiger partial charge in [0.25, 0.3) is 0 Å². The molecule has 7 heteroatoms. The van der Waals surface area contributed by atoms with Crippen LogP contribution in [0.1, 0.15) is 0 Å². The minimum Gasteiger partial charge on any atom is -0.205 e. The Morgan fingerprint density at radius 1 is 1.25 bits per heavy atom. The lowest BCUT2D eigenvalue weighted by molar-refractivity contribution is -0.141. The summed E-state index contributed by atoms with van der Waals surface area (Å²) < 4.78 is 59.9. The van der Waals surface area contributed by atoms with E-state index in [1.54, 1.807) is 0 Å². The number of alkyl halides is 6. The van der Waals surface area contributed by atoms with Crippen molar-refractivity contribution in [1.82, 2.24) is 0 Å². The lowest BCUT2D eigenvalue weighted by atomic mass is 10.3. The van der Waals surface area contributed by atoms with Crippen molar-refractivity contribution in [3.05, 3.63) is 11.9 Å². The van der Waals surface area contributed by atoms with E-state index < -0.39 is 23.0 Å². The van der Waals surface area contributed by atoms with Gasteiger partial charge < -0.3 is 0 Å². The molecule has 0 spiro atoms. The Hall–Kier alpha value is -0.0300. The fourth-order valence-electron chi connectivity index (χ4n) is 0.331. The van der Waals surface area contributed by atoms with Crippen LogP contribution >= 0.6 is 23.2 Å². The first-order valence-electron chi connectivity index (χ1n) is 2.60. The lowest BCUT2D eigenvalue weighted by Gasteiger charge is -2.18. The molecule has 0 amide bonds. The molecule has 0 bridgehead atoms. The second-order valence-corrected chi connectivity index (χ2v) is 2.56. The smallest absolute Gasteiger partial charge is 0.205 e. The average Bonchev–Trinajstić information content (AvgIpc) is 1.85. The summed E-state index contributed by atoms with van der Waals surface area (Å²) in [6.07, 6.45) is 0.123. The maximum atomic E-state index is 12.1. The van der Waals surface area contributed by atoms with Gasteiger partial charge in [-0.05, 0) is 17.7 Å². The van der Waals surface area contributed by atoms with E-state index in [1.807, 2.05) is 0 Å². The Labute approximate surface area is 74.9 Å². The highest BCUT2D eigenvalue weighted by Crippen LogP contribution is 2.43. The van der Waals surface area contributed by atoms with Crippen molar-refractivity contribution in [2.45, 2.75) is 11.3 Å². The van der Waals surface area contributed by atoms with Gasteiger partial charge in [-0.25, -0.2) is 4.39 Å². The van der Waals surface area contributed by atoms with Crippen molar-refractivity contribution in [2.75, 3.05) is 5.88 Å². The van der Waals surface area contributed by atoms with Gasteiger partial charge >= 0.3 is 11.3 Å². The topological polar surface area (TPSA) is 0 Å². The molecule has 0 rings (SSSR count). The van der Waals surface area contributed by atoms with Crippen molar-refractivity contribution < 1.29 is 22.0 Å². The van der Waals surface area contributed by atoms with Crippen LogP contribution in [0.25, 0.3) is 0 Å². The van der Waals surface area contributed by atoms with E-state index in [2.05, 4.69) is 11.6 Å². The Bertz CT molecular complexity index is 183. The molecule has 0 heterocycles. The zero-order chi connectivity index (χ0) is 9.99. The first kappa shape index (κ1) is 12.0. The number of hydrogen-bond donors (Lipinski definition) is 0. The Balaban J connectivity index is 4.73. The van der Waals surface area contributed by atoms with Crippen LogP contribution in [0.5, 0.6) is 0 Å². The highest BCUT2D eigenvalue weighted by Gasteiger charge is 2.58. The summed E-state index contributed by atoms with van der Waals surface area (Å²) in [6.45, 7) is 0. The molecule has 0 aromatic carbocycles. The summed E-state index contributed by atoms with van der Waals surface area (Å²) in [4.78, 5) is 0. The molecule has 0 nitrogen and oxygen atoms in total. The molecule has 0 saturated carbocycles. The van der Waals surface area contributed by atoms with Gasteiger partial charge in [-0.3, -0.25) is 0 Å². The van der Waals surface area contributed by atoms with Gasteiger partial charge in [-0.15, -0.1) is 11.6 Å². The molecule has 0 aliphatic carbocycles. The summed E-state index contributed by atoms with van der Waals surface area (Å²) in [6, 6.07) is 0. The molecule has 0 saturated heterocycles. The minimum absolute atomic E-state index is 0.123. The van der Waals surface area contributed by atoms with Crippen molar-refractivity contribution in [3.63, 3.8) is 0 Å². The fraction of sp³-hybridized carbons (Fsp3) is 0.600. The van der Waals surface area contributed by atoms with E-state index in [1.165, 1.54) is 0 Å². The Morgan fingerprint density at radius 3 is 1.92 bits per heavy atom. The van der Waals surface area contributed by atoms with Crippen molar-refractivity contribution in [2.24, 2.45) is 0 Å². The molecule has 0 aromatic rings. The van der Waals surface area contributed by atoms with Crippen molar-refractivity contribution >= 4 is 23.2 Å². The summed E-state index contributed by atoms with van der Waals surface area (Å²) in [7, 11) is 0. The van der Waals surface area contributed by atoms with Crippen LogP contribution in [0.2, 0.25) is 0 Å². The zero-order valence-corrected chi connectivity index (χ0v) is 6.94. The van der Waals surface area contributed by atoms with Crippen molar-refractivity contribution in [1.29, 1.82) is 0 Å². The molecule has 12 heavy (non-hydrogen) atoms. The molecule has 0 unspecified atom stereocenters. The maximum absolute atomic E-state index is 12.1. The number of halogens is 7. The monoisotopic (exact) mass is 228 g/mol. The largest absolute Gasteiger partial charge is 0.390 e. The maximum Gasteiger partial charge on any atom is 0.390 e. The van der Waals surface area contributed by atoms with Crippen LogP contribution in [0.15, 0.2) is 11.9 Å². The molecule has 72 valence electrons. The number of rotatable bonds is 3. The second kappa shape index (κ2) is 3.79. The quantitative estimate of drug-likeness (QED) is 0.512. The van der Waals surface area contributed by atoms with E-state index in [9.17, 15) is 22.0 Å². The third kappa shape index (κ3) is 2.48. The van der Waals surface area contributed by atoms with Gasteiger partial charge in [0.05, 0.1) is 0 Å². The standard InChI is InChI=1S/C5H3Cl2F5/c6-2-1-3(8)4(9,10)5(7,11)12/h1H,2H2/b3-1-. The van der Waals surface area contributed by atoms with E-state index in [0.29, 0.717) is 0 Å². The van der Waals surface area contributed by atoms with Gasteiger partial charge in [0.2, 0.25) is 0 Å². The van der Waals surface area contributed by atoms with Gasteiger partial charge in [-0.1, -0.05) is 0 Å². The molecule has 0 aromatic heterocycles. The summed E-state index contributed by atoms with van der Waals surface area (Å²) in [5.41, 5.74) is 0. The molecule has 0 radical (unpaired) electrons. The molecular formula is C5H3Cl2F5. The van der Waals surface area contributed by atoms with Crippen LogP contribution in [0.4, 0.5) is 22.0 Å². The van der Waals surface area contributed by atoms with Crippen LogP contribution in [-0.4, -0.2) is 17.2 Å². The van der Waals surface area contributed by atoms with Crippen LogP contribution in [0, 0.1) is 0 Å². The van der Waals surface area contributed by atoms with Crippen LogP contribution in [0.3, 0.4) is 0 Å². The highest BCUT2D eigenvalue weighted by atomic mass is 35.5. The molecule has 0 N–H and O–H groups in total. The SMILES string of the molecule is F/C(=C\CCl)C(F)(F)C(F)(F)Cl. The molecule has 0 aliphatic heterocycles. The predicted octanol–water partition coefficient (Wildman–Crippen LogP) is 3.55. The minimum atomic E-state index is -5.01. The summed E-state index contributed by atoms with van der Waals surface area (Å²) in [5, 5.41) is -4.94. The predicted molar refractivity (Wildman–Crippen MR) is 35.7 cm³/mol. The third-order valence-corrected chi connectivity index (χ3v) is 1.30. The Morgan fingerprint density at radius 2 is 1.67 bits per heavy atom. The third-order valence-electron chi connectivity index (χ3n) is 0.912. The molecule has 0 atom stereocenters. The number of allylic oxidation sites excluding steroid dienone is 2. The summed E-state index contributed by atoms with van der Waals surface area (Å²) in [5.74, 6) is -7.98. The average molecular weight is 229 g/mol. The van der Waals surface area contributed by atoms with Gasteiger partial charge in [0, 0.05) is 5.88 Å². The molecular weight excluding hydrogens is 226 g/mol. The van der Waals surface area contributed by atoms with Crippen LogP contribution in [-0.2, 0) is 0 Å². The van der Waals surface area contributed by atoms with Gasteiger partial charge in [0.15, 0.2) is 5.83 Å². The first-order chi connectivity index (χ1) is 5.23. The normalized spacial score (nSPS) is 15.1. The van der Waals surface area contributed by atoms with E-state index >= 15 is 0 Å². The van der Waals surface area contributed by atoms with Gasteiger partial charge in [-0.2, -0.15) is 17.6 Å². The van der Waals surface area contributed by atoms with Crippen LogP contribution < -0.4 is 0 Å². The molecule has 0 fully saturated rings. The summed E-state index contributed by atoms with van der Waals surface area (Å²) >= 11 is 8.76. The van der Waals surface area contributed by atoms with Gasteiger partial charge in [0.1, 0.15) is 0 Å². The first-order valence-corrected chi connectivity index (χ1v) is 3.51. The number of hydrogen-bond acceptors (Lipinski definition) is 0. The fourth-order valence-corrected chi connectivity index (χ4v) is 0.557. The van der Waals surface area contributed by atoms with E-state index in [4.69, 9.17) is 11.6 Å². The zero-order valence-electron chi connectivity index (χ0n) is 5.43. The van der Waals surface area contributed by atoms with E-state index in [0.717, 1.165) is 0 Å². The lowest BCUT2D eigenvalue weighted by Crippen LogP contribution is -2.36. The van der Waals surface area contributed by atoms with Crippen molar-refractivity contribution in [3.8, 4) is 0 Å². The highest BCUT2D eigenvalue weighted by molar-refractivity contribution is 6.22.